The van der Waals surface area contributed by atoms with E-state index in [1.807, 2.05) is 30.3 Å². The van der Waals surface area contributed by atoms with E-state index >= 15 is 0 Å². The van der Waals surface area contributed by atoms with Gasteiger partial charge in [0.25, 0.3) is 0 Å². The van der Waals surface area contributed by atoms with E-state index in [0.717, 1.165) is 5.56 Å². The Morgan fingerprint density at radius 1 is 1.00 bits per heavy atom. The van der Waals surface area contributed by atoms with Crippen molar-refractivity contribution < 1.29 is 24.1 Å². The van der Waals surface area contributed by atoms with E-state index in [2.05, 4.69) is 0 Å². The van der Waals surface area contributed by atoms with Crippen LogP contribution in [0.25, 0.3) is 0 Å². The number of aliphatic hydroxyl groups excluding tert-OH is 1. The average Bonchev–Trinajstić information content (AvgIpc) is 3.06. The van der Waals surface area contributed by atoms with Crippen LogP contribution in [0.3, 0.4) is 0 Å². The lowest BCUT2D eigenvalue weighted by atomic mass is 10.1. The monoisotopic (exact) mass is 280 g/mol. The van der Waals surface area contributed by atoms with Gasteiger partial charge in [-0.3, -0.25) is 0 Å². The van der Waals surface area contributed by atoms with Gasteiger partial charge in [-0.2, -0.15) is 0 Å². The minimum atomic E-state index is -0.0996. The highest BCUT2D eigenvalue weighted by atomic mass is 16.6. The Balaban J connectivity index is 1.51. The van der Waals surface area contributed by atoms with Crippen LogP contribution >= 0.6 is 0 Å². The van der Waals surface area contributed by atoms with Gasteiger partial charge in [0.2, 0.25) is 0 Å². The zero-order chi connectivity index (χ0) is 13.8. The number of hydrogen-bond donors (Lipinski definition) is 1. The molecule has 2 aliphatic heterocycles. The maximum atomic E-state index is 8.80. The van der Waals surface area contributed by atoms with Gasteiger partial charge in [-0.25, -0.2) is 0 Å². The molecule has 1 N–H and O–H groups in total. The van der Waals surface area contributed by atoms with Gasteiger partial charge in [-0.1, -0.05) is 30.3 Å². The second-order valence-corrected chi connectivity index (χ2v) is 5.06. The Labute approximate surface area is 118 Å². The zero-order valence-electron chi connectivity index (χ0n) is 11.3. The standard InChI is InChI=1S/C15H20O5/c16-6-7-17-12-9-19-15-13(10-20-14(12)15)18-8-11-4-2-1-3-5-11/h1-5,12-16H,6-10H2/t12-,13+,14+,15+/m0/s1. The van der Waals surface area contributed by atoms with Gasteiger partial charge in [-0.15, -0.1) is 0 Å². The van der Waals surface area contributed by atoms with Gasteiger partial charge in [0.15, 0.2) is 0 Å². The number of aliphatic hydroxyl groups is 1. The molecule has 2 heterocycles. The molecular formula is C15H20O5. The van der Waals surface area contributed by atoms with Crippen molar-refractivity contribution in [3.63, 3.8) is 0 Å². The third kappa shape index (κ3) is 3.02. The summed E-state index contributed by atoms with van der Waals surface area (Å²) in [6, 6.07) is 10.1. The van der Waals surface area contributed by atoms with Crippen molar-refractivity contribution >= 4 is 0 Å². The molecular weight excluding hydrogens is 260 g/mol. The molecule has 4 atom stereocenters. The predicted molar refractivity (Wildman–Crippen MR) is 71.3 cm³/mol. The molecule has 110 valence electrons. The topological polar surface area (TPSA) is 57.2 Å². The molecule has 1 aromatic rings. The fourth-order valence-corrected chi connectivity index (χ4v) is 2.70. The Morgan fingerprint density at radius 3 is 2.30 bits per heavy atom. The Bertz CT molecular complexity index is 410. The normalized spacial score (nSPS) is 32.5. The molecule has 0 radical (unpaired) electrons. The van der Waals surface area contributed by atoms with Gasteiger partial charge >= 0.3 is 0 Å². The molecule has 2 aliphatic rings. The minimum absolute atomic E-state index is 0.0157. The fourth-order valence-electron chi connectivity index (χ4n) is 2.70. The first kappa shape index (κ1) is 14.0. The third-order valence-corrected chi connectivity index (χ3v) is 3.69. The van der Waals surface area contributed by atoms with Gasteiger partial charge < -0.3 is 24.1 Å². The van der Waals surface area contributed by atoms with Crippen molar-refractivity contribution in [2.75, 3.05) is 26.4 Å². The molecule has 5 heteroatoms. The molecule has 0 unspecified atom stereocenters. The van der Waals surface area contributed by atoms with E-state index in [0.29, 0.717) is 26.4 Å². The van der Waals surface area contributed by atoms with Crippen LogP contribution in [0, 0.1) is 0 Å². The van der Waals surface area contributed by atoms with Crippen LogP contribution in [-0.4, -0.2) is 55.9 Å². The van der Waals surface area contributed by atoms with Crippen molar-refractivity contribution in [1.82, 2.24) is 0 Å². The van der Waals surface area contributed by atoms with Gasteiger partial charge in [0.05, 0.1) is 33.0 Å². The molecule has 2 saturated heterocycles. The summed E-state index contributed by atoms with van der Waals surface area (Å²) in [7, 11) is 0. The first-order valence-electron chi connectivity index (χ1n) is 6.99. The lowest BCUT2D eigenvalue weighted by Crippen LogP contribution is -2.34. The summed E-state index contributed by atoms with van der Waals surface area (Å²) >= 11 is 0. The molecule has 20 heavy (non-hydrogen) atoms. The average molecular weight is 280 g/mol. The van der Waals surface area contributed by atoms with Crippen molar-refractivity contribution in [1.29, 1.82) is 0 Å². The van der Waals surface area contributed by atoms with Crippen molar-refractivity contribution in [3.05, 3.63) is 35.9 Å². The molecule has 5 nitrogen and oxygen atoms in total. The number of fused-ring (bicyclic) bond motifs is 1. The summed E-state index contributed by atoms with van der Waals surface area (Å²) in [4.78, 5) is 0. The van der Waals surface area contributed by atoms with E-state index in [4.69, 9.17) is 24.1 Å². The number of ether oxygens (including phenoxy) is 4. The smallest absolute Gasteiger partial charge is 0.115 e. The molecule has 1 aromatic carbocycles. The van der Waals surface area contributed by atoms with Crippen LogP contribution in [0.1, 0.15) is 5.56 Å². The zero-order valence-corrected chi connectivity index (χ0v) is 11.3. The summed E-state index contributed by atoms with van der Waals surface area (Å²) < 4.78 is 22.9. The van der Waals surface area contributed by atoms with E-state index in [1.54, 1.807) is 0 Å². The Kier molecular flexibility index (Phi) is 4.65. The minimum Gasteiger partial charge on any atom is -0.394 e. The quantitative estimate of drug-likeness (QED) is 0.833. The van der Waals surface area contributed by atoms with Crippen LogP contribution < -0.4 is 0 Å². The summed E-state index contributed by atoms with van der Waals surface area (Å²) in [5, 5.41) is 8.80. The summed E-state index contributed by atoms with van der Waals surface area (Å²) in [6.45, 7) is 1.92. The molecule has 0 bridgehead atoms. The lowest BCUT2D eigenvalue weighted by Gasteiger charge is -2.17. The fraction of sp³-hybridized carbons (Fsp3) is 0.600. The molecule has 3 rings (SSSR count). The predicted octanol–water partition coefficient (Wildman–Crippen LogP) is 0.747. The summed E-state index contributed by atoms with van der Waals surface area (Å²) in [6.07, 6.45) is -0.301. The van der Waals surface area contributed by atoms with Crippen LogP contribution in [0.4, 0.5) is 0 Å². The highest BCUT2D eigenvalue weighted by Gasteiger charge is 2.48. The summed E-state index contributed by atoms with van der Waals surface area (Å²) in [5.41, 5.74) is 1.14. The van der Waals surface area contributed by atoms with Gasteiger partial charge in [-0.05, 0) is 5.56 Å². The summed E-state index contributed by atoms with van der Waals surface area (Å²) in [5.74, 6) is 0. The SMILES string of the molecule is OCCO[C@H]1CO[C@H]2[C@@H]1OC[C@H]2OCc1ccccc1. The largest absolute Gasteiger partial charge is 0.394 e. The Morgan fingerprint density at radius 2 is 1.65 bits per heavy atom. The number of rotatable bonds is 6. The highest BCUT2D eigenvalue weighted by Crippen LogP contribution is 2.30. The molecule has 0 aromatic heterocycles. The molecule has 0 aliphatic carbocycles. The highest BCUT2D eigenvalue weighted by molar-refractivity contribution is 5.13. The van der Waals surface area contributed by atoms with E-state index < -0.39 is 0 Å². The van der Waals surface area contributed by atoms with Crippen molar-refractivity contribution in [2.24, 2.45) is 0 Å². The second kappa shape index (κ2) is 6.65. The number of hydrogen-bond acceptors (Lipinski definition) is 5. The first-order chi connectivity index (χ1) is 9.88. The molecule has 2 fully saturated rings. The second-order valence-electron chi connectivity index (χ2n) is 5.06. The van der Waals surface area contributed by atoms with Crippen molar-refractivity contribution in [2.45, 2.75) is 31.0 Å². The van der Waals surface area contributed by atoms with Gasteiger partial charge in [0, 0.05) is 0 Å². The van der Waals surface area contributed by atoms with Crippen LogP contribution in [0.15, 0.2) is 30.3 Å². The number of benzene rings is 1. The van der Waals surface area contributed by atoms with Crippen LogP contribution in [-0.2, 0) is 25.6 Å². The lowest BCUT2D eigenvalue weighted by molar-refractivity contribution is -0.0585. The van der Waals surface area contributed by atoms with Gasteiger partial charge in [0.1, 0.15) is 24.4 Å². The molecule has 0 amide bonds. The first-order valence-corrected chi connectivity index (χ1v) is 6.99. The molecule has 0 spiro atoms. The maximum absolute atomic E-state index is 8.80. The van der Waals surface area contributed by atoms with Crippen LogP contribution in [0.5, 0.6) is 0 Å². The van der Waals surface area contributed by atoms with E-state index in [-0.39, 0.29) is 31.0 Å². The molecule has 0 saturated carbocycles. The van der Waals surface area contributed by atoms with Crippen molar-refractivity contribution in [3.8, 4) is 0 Å². The van der Waals surface area contributed by atoms with Crippen LogP contribution in [0.2, 0.25) is 0 Å². The maximum Gasteiger partial charge on any atom is 0.115 e. The third-order valence-electron chi connectivity index (χ3n) is 3.69. The van der Waals surface area contributed by atoms with E-state index in [9.17, 15) is 0 Å². The Hall–Kier alpha value is -0.980. The van der Waals surface area contributed by atoms with E-state index in [1.165, 1.54) is 0 Å².